The summed E-state index contributed by atoms with van der Waals surface area (Å²) in [6.07, 6.45) is 1.02. The summed E-state index contributed by atoms with van der Waals surface area (Å²) >= 11 is 0. The van der Waals surface area contributed by atoms with Gasteiger partial charge in [-0.05, 0) is 18.6 Å². The van der Waals surface area contributed by atoms with E-state index in [0.717, 1.165) is 6.42 Å². The van der Waals surface area contributed by atoms with E-state index in [-0.39, 0.29) is 37.3 Å². The summed E-state index contributed by atoms with van der Waals surface area (Å²) in [5.74, 6) is -0.0184. The van der Waals surface area contributed by atoms with Gasteiger partial charge in [-0.3, -0.25) is 19.1 Å². The smallest absolute Gasteiger partial charge is 0.328 e. The van der Waals surface area contributed by atoms with Crippen LogP contribution in [0.3, 0.4) is 0 Å². The average Bonchev–Trinajstić information content (AvgIpc) is 2.93. The van der Waals surface area contributed by atoms with Crippen LogP contribution >= 0.6 is 12.4 Å². The number of likely N-dealkylation sites (tertiary alicyclic amines) is 1. The normalized spacial score (nSPS) is 17.3. The molecule has 2 aromatic rings. The molecule has 7 nitrogen and oxygen atoms in total. The highest BCUT2D eigenvalue weighted by Gasteiger charge is 2.23. The zero-order valence-electron chi connectivity index (χ0n) is 12.5. The maximum absolute atomic E-state index is 12.2. The molecule has 0 bridgehead atoms. The highest BCUT2D eigenvalue weighted by atomic mass is 35.5. The molecule has 0 unspecified atom stereocenters. The minimum absolute atomic E-state index is 0. The molecule has 1 amide bonds. The molecule has 0 aliphatic carbocycles. The van der Waals surface area contributed by atoms with E-state index < -0.39 is 11.2 Å². The molecular formula is C15H19ClN4O3. The molecule has 1 saturated heterocycles. The summed E-state index contributed by atoms with van der Waals surface area (Å²) in [4.78, 5) is 40.0. The monoisotopic (exact) mass is 338 g/mol. The topological polar surface area (TPSA) is 101 Å². The molecule has 2 heterocycles. The Labute approximate surface area is 138 Å². The highest BCUT2D eigenvalue weighted by molar-refractivity contribution is 5.85. The number of nitrogens with two attached hydrogens (primary N) is 1. The van der Waals surface area contributed by atoms with E-state index >= 15 is 0 Å². The van der Waals surface area contributed by atoms with Crippen LogP contribution in [0.1, 0.15) is 12.8 Å². The number of aryl methyl sites for hydroxylation is 1. The fraction of sp³-hybridized carbons (Fsp3) is 0.400. The Morgan fingerprint density at radius 3 is 2.74 bits per heavy atom. The van der Waals surface area contributed by atoms with Crippen LogP contribution in [0.25, 0.3) is 10.9 Å². The number of para-hydroxylation sites is 1. The summed E-state index contributed by atoms with van der Waals surface area (Å²) in [5.41, 5.74) is 5.44. The molecule has 8 heteroatoms. The molecule has 0 spiro atoms. The number of hydrogen-bond acceptors (Lipinski definition) is 4. The molecule has 1 aliphatic rings. The predicted octanol–water partition coefficient (Wildman–Crippen LogP) is 0.0613. The van der Waals surface area contributed by atoms with Crippen LogP contribution in [-0.4, -0.2) is 39.5 Å². The van der Waals surface area contributed by atoms with Crippen molar-refractivity contribution < 1.29 is 4.79 Å². The lowest BCUT2D eigenvalue weighted by Gasteiger charge is -2.16. The molecular weight excluding hydrogens is 320 g/mol. The number of rotatable bonds is 3. The number of hydrogen-bond donors (Lipinski definition) is 2. The fourth-order valence-electron chi connectivity index (χ4n) is 2.84. The SMILES string of the molecule is Cl.N[C@@H]1CCN(C(=O)CCn2c(=O)[nH]c(=O)c3ccccc32)C1. The fourth-order valence-corrected chi connectivity index (χ4v) is 2.84. The zero-order valence-corrected chi connectivity index (χ0v) is 13.3. The Morgan fingerprint density at radius 1 is 1.30 bits per heavy atom. The number of carbonyl (C=O) groups excluding carboxylic acids is 1. The van der Waals surface area contributed by atoms with E-state index in [2.05, 4.69) is 4.98 Å². The van der Waals surface area contributed by atoms with Crippen LogP contribution in [0.2, 0.25) is 0 Å². The van der Waals surface area contributed by atoms with Crippen molar-refractivity contribution in [3.63, 3.8) is 0 Å². The second kappa shape index (κ2) is 6.97. The van der Waals surface area contributed by atoms with E-state index in [9.17, 15) is 14.4 Å². The Bertz CT molecular complexity index is 829. The second-order valence-electron chi connectivity index (χ2n) is 5.57. The number of amides is 1. The van der Waals surface area contributed by atoms with Crippen LogP contribution in [-0.2, 0) is 11.3 Å². The third kappa shape index (κ3) is 3.46. The number of aromatic amines is 1. The van der Waals surface area contributed by atoms with Crippen molar-refractivity contribution in [3.05, 3.63) is 45.1 Å². The van der Waals surface area contributed by atoms with Crippen molar-refractivity contribution >= 4 is 29.2 Å². The van der Waals surface area contributed by atoms with Gasteiger partial charge in [0.1, 0.15) is 0 Å². The molecule has 1 atom stereocenters. The maximum Gasteiger partial charge on any atom is 0.328 e. The van der Waals surface area contributed by atoms with E-state index in [1.165, 1.54) is 4.57 Å². The number of nitrogens with one attached hydrogen (secondary N) is 1. The quantitative estimate of drug-likeness (QED) is 0.826. The van der Waals surface area contributed by atoms with Crippen LogP contribution in [0.4, 0.5) is 0 Å². The number of halogens is 1. The molecule has 1 aromatic carbocycles. The summed E-state index contributed by atoms with van der Waals surface area (Å²) in [6.45, 7) is 1.47. The zero-order chi connectivity index (χ0) is 15.7. The number of aromatic nitrogens is 2. The van der Waals surface area contributed by atoms with Gasteiger partial charge >= 0.3 is 5.69 Å². The molecule has 3 rings (SSSR count). The van der Waals surface area contributed by atoms with Crippen molar-refractivity contribution in [3.8, 4) is 0 Å². The first-order valence-corrected chi connectivity index (χ1v) is 7.31. The second-order valence-corrected chi connectivity index (χ2v) is 5.57. The number of benzene rings is 1. The van der Waals surface area contributed by atoms with Gasteiger partial charge in [-0.25, -0.2) is 4.79 Å². The van der Waals surface area contributed by atoms with Gasteiger partial charge < -0.3 is 10.6 Å². The average molecular weight is 339 g/mol. The van der Waals surface area contributed by atoms with Gasteiger partial charge in [-0.15, -0.1) is 12.4 Å². The summed E-state index contributed by atoms with van der Waals surface area (Å²) in [5, 5.41) is 0.442. The first-order valence-electron chi connectivity index (χ1n) is 7.31. The van der Waals surface area contributed by atoms with Crippen LogP contribution < -0.4 is 17.0 Å². The minimum atomic E-state index is -0.491. The van der Waals surface area contributed by atoms with Crippen molar-refractivity contribution in [2.75, 3.05) is 13.1 Å². The van der Waals surface area contributed by atoms with Crippen molar-refractivity contribution in [2.24, 2.45) is 5.73 Å². The van der Waals surface area contributed by atoms with E-state index in [1.54, 1.807) is 29.2 Å². The third-order valence-electron chi connectivity index (χ3n) is 4.03. The third-order valence-corrected chi connectivity index (χ3v) is 4.03. The standard InChI is InChI=1S/C15H18N4O3.ClH/c16-10-5-7-18(9-10)13(20)6-8-19-12-4-2-1-3-11(12)14(21)17-15(19)22;/h1-4,10H,5-9,16H2,(H,17,21,22);1H/t10-;/m1./s1. The number of carbonyl (C=O) groups is 1. The van der Waals surface area contributed by atoms with Crippen molar-refractivity contribution in [1.82, 2.24) is 14.5 Å². The Morgan fingerprint density at radius 2 is 2.04 bits per heavy atom. The lowest BCUT2D eigenvalue weighted by molar-refractivity contribution is -0.130. The van der Waals surface area contributed by atoms with Crippen LogP contribution in [0.15, 0.2) is 33.9 Å². The van der Waals surface area contributed by atoms with E-state index in [1.807, 2.05) is 0 Å². The molecule has 1 aliphatic heterocycles. The van der Waals surface area contributed by atoms with Gasteiger partial charge in [-0.1, -0.05) is 12.1 Å². The van der Waals surface area contributed by atoms with Crippen LogP contribution in [0.5, 0.6) is 0 Å². The summed E-state index contributed by atoms with van der Waals surface area (Å²) in [7, 11) is 0. The molecule has 124 valence electrons. The van der Waals surface area contributed by atoms with Crippen molar-refractivity contribution in [1.29, 1.82) is 0 Å². The summed E-state index contributed by atoms with van der Waals surface area (Å²) < 4.78 is 1.44. The molecule has 1 fully saturated rings. The molecule has 0 saturated carbocycles. The van der Waals surface area contributed by atoms with Gasteiger partial charge in [0, 0.05) is 32.1 Å². The van der Waals surface area contributed by atoms with Gasteiger partial charge in [-0.2, -0.15) is 0 Å². The molecule has 1 aromatic heterocycles. The van der Waals surface area contributed by atoms with E-state index in [4.69, 9.17) is 5.73 Å². The Balaban J connectivity index is 0.00000192. The minimum Gasteiger partial charge on any atom is -0.341 e. The van der Waals surface area contributed by atoms with E-state index in [0.29, 0.717) is 24.0 Å². The Kier molecular flexibility index (Phi) is 5.23. The van der Waals surface area contributed by atoms with Gasteiger partial charge in [0.25, 0.3) is 5.56 Å². The summed E-state index contributed by atoms with van der Waals surface area (Å²) in [6, 6.07) is 6.91. The first kappa shape index (κ1) is 17.2. The largest absolute Gasteiger partial charge is 0.341 e. The molecule has 23 heavy (non-hydrogen) atoms. The van der Waals surface area contributed by atoms with Gasteiger partial charge in [0.05, 0.1) is 10.9 Å². The molecule has 3 N–H and O–H groups in total. The van der Waals surface area contributed by atoms with Gasteiger partial charge in [0.15, 0.2) is 0 Å². The van der Waals surface area contributed by atoms with Gasteiger partial charge in [0.2, 0.25) is 5.91 Å². The predicted molar refractivity (Wildman–Crippen MR) is 89.9 cm³/mol. The first-order chi connectivity index (χ1) is 10.6. The lowest BCUT2D eigenvalue weighted by Crippen LogP contribution is -2.35. The number of fused-ring (bicyclic) bond motifs is 1. The Hall–Kier alpha value is -2.12. The van der Waals surface area contributed by atoms with Crippen LogP contribution in [0, 0.1) is 0 Å². The highest BCUT2D eigenvalue weighted by Crippen LogP contribution is 2.11. The maximum atomic E-state index is 12.2. The van der Waals surface area contributed by atoms with Crippen molar-refractivity contribution in [2.45, 2.75) is 25.4 Å². The number of H-pyrrole nitrogens is 1. The lowest BCUT2D eigenvalue weighted by atomic mass is 10.2. The molecule has 0 radical (unpaired) electrons. The number of nitrogens with zero attached hydrogens (tertiary/aromatic N) is 2.